The van der Waals surface area contributed by atoms with Crippen LogP contribution in [0.5, 0.6) is 0 Å². The Morgan fingerprint density at radius 1 is 1.39 bits per heavy atom. The van der Waals surface area contributed by atoms with Crippen LogP contribution in [0.2, 0.25) is 0 Å². The standard InChI is InChI=1S/C17H18N5O/c1-11(2)6-7-21-8-9-22-14(10-21)18-13-5-3-4-12-15(13)16(22)19-20-17(12)23/h3-5H,1,6-10H2,2H3/q+1. The molecule has 0 aliphatic carbocycles. The summed E-state index contributed by atoms with van der Waals surface area (Å²) in [6.07, 6.45) is 0.999. The molecule has 6 heteroatoms. The van der Waals surface area contributed by atoms with Crippen LogP contribution in [0.25, 0.3) is 10.9 Å². The van der Waals surface area contributed by atoms with Crippen molar-refractivity contribution in [3.63, 3.8) is 0 Å². The lowest BCUT2D eigenvalue weighted by molar-refractivity contribution is -0.701. The topological polar surface area (TPSA) is 61.8 Å². The zero-order valence-electron chi connectivity index (χ0n) is 13.1. The van der Waals surface area contributed by atoms with E-state index in [0.29, 0.717) is 5.56 Å². The zero-order valence-corrected chi connectivity index (χ0v) is 13.1. The highest BCUT2D eigenvalue weighted by atomic mass is 16.1. The molecule has 6 nitrogen and oxygen atoms in total. The molecule has 4 rings (SSSR count). The SMILES string of the molecule is C=C(C)CCN1CC[n+]2c(nc3cccc4c3c2N=NC4=O)C1. The van der Waals surface area contributed by atoms with E-state index in [1.807, 2.05) is 12.1 Å². The van der Waals surface area contributed by atoms with Gasteiger partial charge >= 0.3 is 11.7 Å². The monoisotopic (exact) mass is 308 g/mol. The van der Waals surface area contributed by atoms with Crippen LogP contribution in [0.4, 0.5) is 5.82 Å². The minimum Gasteiger partial charge on any atom is -0.290 e. The van der Waals surface area contributed by atoms with Crippen LogP contribution in [0, 0.1) is 0 Å². The minimum atomic E-state index is -0.288. The molecule has 0 spiro atoms. The molecule has 0 atom stereocenters. The van der Waals surface area contributed by atoms with E-state index >= 15 is 0 Å². The van der Waals surface area contributed by atoms with Crippen molar-refractivity contribution in [3.05, 3.63) is 41.7 Å². The number of carbonyl (C=O) groups excluding carboxylic acids is 1. The Morgan fingerprint density at radius 3 is 3.09 bits per heavy atom. The van der Waals surface area contributed by atoms with E-state index < -0.39 is 0 Å². The van der Waals surface area contributed by atoms with Crippen LogP contribution < -0.4 is 4.57 Å². The quantitative estimate of drug-likeness (QED) is 0.646. The molecule has 1 aromatic carbocycles. The predicted molar refractivity (Wildman–Crippen MR) is 85.5 cm³/mol. The van der Waals surface area contributed by atoms with Gasteiger partial charge in [0.2, 0.25) is 0 Å². The van der Waals surface area contributed by atoms with Crippen molar-refractivity contribution < 1.29 is 9.36 Å². The van der Waals surface area contributed by atoms with Crippen LogP contribution in [-0.4, -0.2) is 28.9 Å². The molecular weight excluding hydrogens is 290 g/mol. The molecule has 3 heterocycles. The molecule has 2 aromatic rings. The Balaban J connectivity index is 1.78. The number of aromatic nitrogens is 2. The summed E-state index contributed by atoms with van der Waals surface area (Å²) in [5.74, 6) is 1.45. The maximum Gasteiger partial charge on any atom is 0.312 e. The van der Waals surface area contributed by atoms with Gasteiger partial charge in [-0.1, -0.05) is 11.6 Å². The lowest BCUT2D eigenvalue weighted by atomic mass is 10.1. The van der Waals surface area contributed by atoms with E-state index in [4.69, 9.17) is 4.98 Å². The number of nitrogens with zero attached hydrogens (tertiary/aromatic N) is 5. The fraction of sp³-hybridized carbons (Fsp3) is 0.353. The Kier molecular flexibility index (Phi) is 3.27. The number of carbonyl (C=O) groups is 1. The summed E-state index contributed by atoms with van der Waals surface area (Å²) in [5.41, 5.74) is 2.61. The first kappa shape index (κ1) is 14.1. The van der Waals surface area contributed by atoms with Crippen LogP contribution in [0.15, 0.2) is 40.6 Å². The van der Waals surface area contributed by atoms with Gasteiger partial charge in [-0.15, -0.1) is 11.6 Å². The molecule has 116 valence electrons. The van der Waals surface area contributed by atoms with Crippen molar-refractivity contribution in [1.82, 2.24) is 9.88 Å². The fourth-order valence-electron chi connectivity index (χ4n) is 3.17. The highest BCUT2D eigenvalue weighted by molar-refractivity contribution is 6.10. The molecule has 0 bridgehead atoms. The second kappa shape index (κ2) is 5.31. The maximum atomic E-state index is 11.9. The summed E-state index contributed by atoms with van der Waals surface area (Å²) in [7, 11) is 0. The van der Waals surface area contributed by atoms with E-state index in [9.17, 15) is 4.79 Å². The molecule has 23 heavy (non-hydrogen) atoms. The predicted octanol–water partition coefficient (Wildman–Crippen LogP) is 2.54. The van der Waals surface area contributed by atoms with Gasteiger partial charge in [0.1, 0.15) is 5.39 Å². The molecule has 0 radical (unpaired) electrons. The molecule has 2 aliphatic rings. The summed E-state index contributed by atoms with van der Waals surface area (Å²) >= 11 is 0. The van der Waals surface area contributed by atoms with Crippen LogP contribution in [0.1, 0.15) is 29.5 Å². The molecule has 1 amide bonds. The van der Waals surface area contributed by atoms with Gasteiger partial charge in [0.05, 0.1) is 18.7 Å². The van der Waals surface area contributed by atoms with Crippen LogP contribution in [0.3, 0.4) is 0 Å². The Labute approximate surface area is 134 Å². The van der Waals surface area contributed by atoms with E-state index in [2.05, 4.69) is 33.2 Å². The lowest BCUT2D eigenvalue weighted by Crippen LogP contribution is -2.51. The van der Waals surface area contributed by atoms with Gasteiger partial charge in [0.15, 0.2) is 5.52 Å². The van der Waals surface area contributed by atoms with Crippen molar-refractivity contribution in [2.24, 2.45) is 10.2 Å². The molecule has 0 saturated carbocycles. The number of amides is 1. The highest BCUT2D eigenvalue weighted by Crippen LogP contribution is 2.30. The van der Waals surface area contributed by atoms with Crippen molar-refractivity contribution in [2.75, 3.05) is 13.1 Å². The van der Waals surface area contributed by atoms with Gasteiger partial charge in [-0.25, -0.2) is 4.57 Å². The van der Waals surface area contributed by atoms with E-state index in [1.165, 1.54) is 5.57 Å². The third-order valence-corrected chi connectivity index (χ3v) is 4.41. The fourth-order valence-corrected chi connectivity index (χ4v) is 3.17. The molecule has 0 N–H and O–H groups in total. The number of benzene rings is 1. The normalized spacial score (nSPS) is 16.7. The molecule has 0 unspecified atom stereocenters. The Hall–Kier alpha value is -2.47. The smallest absolute Gasteiger partial charge is 0.290 e. The molecule has 1 aromatic heterocycles. The summed E-state index contributed by atoms with van der Waals surface area (Å²) in [6.45, 7) is 9.55. The Bertz CT molecular complexity index is 871. The minimum absolute atomic E-state index is 0.288. The first-order valence-electron chi connectivity index (χ1n) is 7.82. The average Bonchev–Trinajstić information content (AvgIpc) is 2.55. The molecule has 0 saturated heterocycles. The average molecular weight is 308 g/mol. The number of rotatable bonds is 3. The molecule has 2 aliphatic heterocycles. The van der Waals surface area contributed by atoms with Crippen LogP contribution in [-0.2, 0) is 13.1 Å². The first-order chi connectivity index (χ1) is 11.1. The zero-order chi connectivity index (χ0) is 16.0. The van der Waals surface area contributed by atoms with Crippen molar-refractivity contribution in [2.45, 2.75) is 26.4 Å². The van der Waals surface area contributed by atoms with Gasteiger partial charge < -0.3 is 0 Å². The largest absolute Gasteiger partial charge is 0.312 e. The lowest BCUT2D eigenvalue weighted by Gasteiger charge is -2.26. The number of azo groups is 1. The molecular formula is C17H18N5O+. The molecule has 0 fully saturated rings. The number of hydrogen-bond acceptors (Lipinski definition) is 4. The third-order valence-electron chi connectivity index (χ3n) is 4.41. The van der Waals surface area contributed by atoms with E-state index in [0.717, 1.165) is 55.1 Å². The number of hydrogen-bond donors (Lipinski definition) is 0. The third kappa shape index (κ3) is 2.35. The van der Waals surface area contributed by atoms with Crippen LogP contribution >= 0.6 is 0 Å². The summed E-state index contributed by atoms with van der Waals surface area (Å²) in [6, 6.07) is 5.58. The first-order valence-corrected chi connectivity index (χ1v) is 7.82. The Morgan fingerprint density at radius 2 is 2.26 bits per heavy atom. The van der Waals surface area contributed by atoms with Crippen molar-refractivity contribution in [3.8, 4) is 0 Å². The van der Waals surface area contributed by atoms with E-state index in [1.54, 1.807) is 6.07 Å². The van der Waals surface area contributed by atoms with Gasteiger partial charge in [0.25, 0.3) is 5.82 Å². The van der Waals surface area contributed by atoms with Gasteiger partial charge in [-0.3, -0.25) is 9.69 Å². The maximum absolute atomic E-state index is 11.9. The summed E-state index contributed by atoms with van der Waals surface area (Å²) < 4.78 is 2.10. The van der Waals surface area contributed by atoms with Gasteiger partial charge in [-0.2, -0.15) is 0 Å². The van der Waals surface area contributed by atoms with Crippen molar-refractivity contribution >= 4 is 22.6 Å². The summed E-state index contributed by atoms with van der Waals surface area (Å²) in [4.78, 5) is 19.1. The van der Waals surface area contributed by atoms with Crippen molar-refractivity contribution in [1.29, 1.82) is 0 Å². The summed E-state index contributed by atoms with van der Waals surface area (Å²) in [5, 5.41) is 8.79. The van der Waals surface area contributed by atoms with Gasteiger partial charge in [0, 0.05) is 18.2 Å². The number of fused-ring (bicyclic) bond motifs is 2. The second-order valence-electron chi connectivity index (χ2n) is 6.19. The van der Waals surface area contributed by atoms with Gasteiger partial charge in [-0.05, 0) is 30.6 Å². The highest BCUT2D eigenvalue weighted by Gasteiger charge is 2.32. The van der Waals surface area contributed by atoms with E-state index in [-0.39, 0.29) is 5.91 Å². The second-order valence-corrected chi connectivity index (χ2v) is 6.19.